The molecule has 0 atom stereocenters. The van der Waals surface area contributed by atoms with E-state index < -0.39 is 0 Å². The smallest absolute Gasteiger partial charge is 0.0782 e. The number of anilines is 2. The Balaban J connectivity index is 2.57. The molecule has 1 aliphatic heterocycles. The summed E-state index contributed by atoms with van der Waals surface area (Å²) in [6, 6.07) is 6.22. The van der Waals surface area contributed by atoms with E-state index in [0.29, 0.717) is 0 Å². The van der Waals surface area contributed by atoms with Crippen LogP contribution in [0.15, 0.2) is 18.2 Å². The molecule has 1 aromatic carbocycles. The number of hydrazine groups is 2. The van der Waals surface area contributed by atoms with E-state index in [1.807, 2.05) is 12.1 Å². The van der Waals surface area contributed by atoms with Crippen LogP contribution in [0.3, 0.4) is 0 Å². The molecule has 0 spiro atoms. The third-order valence-corrected chi connectivity index (χ3v) is 1.96. The molecular formula is C8H11N3. The lowest BCUT2D eigenvalue weighted by atomic mass is 10.2. The number of nitrogens with one attached hydrogen (secondary N) is 2. The molecule has 0 bridgehead atoms. The first-order chi connectivity index (χ1) is 5.29. The number of para-hydroxylation sites is 1. The molecule has 1 heterocycles. The second-order valence-electron chi connectivity index (χ2n) is 2.76. The largest absolute Gasteiger partial charge is 0.301 e. The lowest BCUT2D eigenvalue weighted by Crippen LogP contribution is -2.31. The predicted molar refractivity (Wildman–Crippen MR) is 46.3 cm³/mol. The molecule has 58 valence electrons. The van der Waals surface area contributed by atoms with Gasteiger partial charge in [-0.15, -0.1) is 5.53 Å². The Kier molecular flexibility index (Phi) is 1.26. The quantitative estimate of drug-likeness (QED) is 0.581. The van der Waals surface area contributed by atoms with E-state index in [9.17, 15) is 0 Å². The van der Waals surface area contributed by atoms with E-state index in [2.05, 4.69) is 36.1 Å². The first kappa shape index (κ1) is 6.49. The highest BCUT2D eigenvalue weighted by Gasteiger charge is 2.14. The lowest BCUT2D eigenvalue weighted by Gasteiger charge is -2.08. The fourth-order valence-corrected chi connectivity index (χ4v) is 1.29. The zero-order valence-corrected chi connectivity index (χ0v) is 6.68. The maximum atomic E-state index is 3.09. The van der Waals surface area contributed by atoms with Crippen molar-refractivity contribution in [3.63, 3.8) is 0 Å². The molecule has 0 aromatic heterocycles. The van der Waals surface area contributed by atoms with Crippen molar-refractivity contribution in [1.29, 1.82) is 0 Å². The topological polar surface area (TPSA) is 27.3 Å². The summed E-state index contributed by atoms with van der Waals surface area (Å²) in [6.45, 7) is 2.09. The average Bonchev–Trinajstić information content (AvgIpc) is 2.35. The van der Waals surface area contributed by atoms with Gasteiger partial charge in [-0.3, -0.25) is 5.01 Å². The summed E-state index contributed by atoms with van der Waals surface area (Å²) in [5.41, 5.74) is 9.74. The Morgan fingerprint density at radius 1 is 1.36 bits per heavy atom. The fourth-order valence-electron chi connectivity index (χ4n) is 1.29. The van der Waals surface area contributed by atoms with Crippen molar-refractivity contribution in [3.8, 4) is 0 Å². The van der Waals surface area contributed by atoms with Crippen LogP contribution in [0.25, 0.3) is 0 Å². The maximum Gasteiger partial charge on any atom is 0.0782 e. The van der Waals surface area contributed by atoms with Gasteiger partial charge in [-0.1, -0.05) is 12.1 Å². The average molecular weight is 149 g/mol. The molecule has 0 aliphatic carbocycles. The normalized spacial score (nSPS) is 14.5. The molecule has 2 N–H and O–H groups in total. The number of nitrogens with zero attached hydrogens (tertiary/aromatic N) is 1. The highest BCUT2D eigenvalue weighted by molar-refractivity contribution is 5.75. The van der Waals surface area contributed by atoms with E-state index in [-0.39, 0.29) is 0 Å². The lowest BCUT2D eigenvalue weighted by molar-refractivity contribution is 0.820. The van der Waals surface area contributed by atoms with Gasteiger partial charge in [-0.25, -0.2) is 0 Å². The van der Waals surface area contributed by atoms with Gasteiger partial charge in [0.2, 0.25) is 0 Å². The molecule has 0 saturated heterocycles. The molecular weight excluding hydrogens is 138 g/mol. The number of hydrogen-bond acceptors (Lipinski definition) is 3. The van der Waals surface area contributed by atoms with Crippen molar-refractivity contribution < 1.29 is 0 Å². The molecule has 3 heteroatoms. The van der Waals surface area contributed by atoms with Gasteiger partial charge >= 0.3 is 0 Å². The van der Waals surface area contributed by atoms with E-state index in [0.717, 1.165) is 0 Å². The number of aryl methyl sites for hydroxylation is 1. The summed E-state index contributed by atoms with van der Waals surface area (Å²) in [4.78, 5) is 0. The van der Waals surface area contributed by atoms with Crippen molar-refractivity contribution in [2.24, 2.45) is 0 Å². The Bertz CT molecular complexity index is 283. The molecule has 0 amide bonds. The van der Waals surface area contributed by atoms with Gasteiger partial charge in [0.05, 0.1) is 11.4 Å². The molecule has 1 aromatic rings. The third kappa shape index (κ3) is 0.851. The number of hydrogen-bond donors (Lipinski definition) is 2. The minimum atomic E-state index is 1.18. The zero-order chi connectivity index (χ0) is 7.84. The Hall–Kier alpha value is -1.22. The van der Waals surface area contributed by atoms with Crippen molar-refractivity contribution in [2.45, 2.75) is 6.92 Å². The molecule has 3 nitrogen and oxygen atoms in total. The van der Waals surface area contributed by atoms with Crippen LogP contribution in [0.1, 0.15) is 5.56 Å². The van der Waals surface area contributed by atoms with Crippen LogP contribution in [0, 0.1) is 6.92 Å². The van der Waals surface area contributed by atoms with Gasteiger partial charge in [0, 0.05) is 7.05 Å². The summed E-state index contributed by atoms with van der Waals surface area (Å²) in [5.74, 6) is 0. The van der Waals surface area contributed by atoms with Crippen LogP contribution in [-0.4, -0.2) is 7.05 Å². The first-order valence-corrected chi connectivity index (χ1v) is 3.64. The highest BCUT2D eigenvalue weighted by atomic mass is 15.7. The second-order valence-corrected chi connectivity index (χ2v) is 2.76. The molecule has 0 fully saturated rings. The SMILES string of the molecule is Cc1cccc2c1NNN2C. The third-order valence-electron chi connectivity index (χ3n) is 1.96. The summed E-state index contributed by atoms with van der Waals surface area (Å²) in [5, 5.41) is 1.96. The van der Waals surface area contributed by atoms with E-state index in [1.54, 1.807) is 0 Å². The summed E-state index contributed by atoms with van der Waals surface area (Å²) < 4.78 is 0. The van der Waals surface area contributed by atoms with Gasteiger partial charge in [-0.2, -0.15) is 0 Å². The van der Waals surface area contributed by atoms with E-state index in [4.69, 9.17) is 0 Å². The Morgan fingerprint density at radius 2 is 2.18 bits per heavy atom. The van der Waals surface area contributed by atoms with Gasteiger partial charge in [0.25, 0.3) is 0 Å². The predicted octanol–water partition coefficient (Wildman–Crippen LogP) is 1.28. The zero-order valence-electron chi connectivity index (χ0n) is 6.68. The van der Waals surface area contributed by atoms with Gasteiger partial charge in [-0.05, 0) is 18.6 Å². The fraction of sp³-hybridized carbons (Fsp3) is 0.250. The van der Waals surface area contributed by atoms with Crippen molar-refractivity contribution in [1.82, 2.24) is 5.53 Å². The molecule has 2 rings (SSSR count). The van der Waals surface area contributed by atoms with Crippen LogP contribution in [0.2, 0.25) is 0 Å². The van der Waals surface area contributed by atoms with Crippen LogP contribution in [0.4, 0.5) is 11.4 Å². The van der Waals surface area contributed by atoms with Gasteiger partial charge in [0.1, 0.15) is 0 Å². The van der Waals surface area contributed by atoms with E-state index in [1.165, 1.54) is 16.9 Å². The summed E-state index contributed by atoms with van der Waals surface area (Å²) in [6.07, 6.45) is 0. The van der Waals surface area contributed by atoms with E-state index >= 15 is 0 Å². The maximum absolute atomic E-state index is 3.09. The number of fused-ring (bicyclic) bond motifs is 1. The Labute approximate surface area is 66.0 Å². The van der Waals surface area contributed by atoms with Crippen LogP contribution >= 0.6 is 0 Å². The van der Waals surface area contributed by atoms with Crippen molar-refractivity contribution >= 4 is 11.4 Å². The first-order valence-electron chi connectivity index (χ1n) is 3.64. The van der Waals surface area contributed by atoms with Gasteiger partial charge in [0.15, 0.2) is 0 Å². The molecule has 0 unspecified atom stereocenters. The standard InChI is InChI=1S/C8H11N3/c1-6-4-3-5-7-8(6)9-10-11(7)2/h3-5,9-10H,1-2H3. The Morgan fingerprint density at radius 3 is 2.91 bits per heavy atom. The van der Waals surface area contributed by atoms with Crippen molar-refractivity contribution in [3.05, 3.63) is 23.8 Å². The minimum absolute atomic E-state index is 1.18. The monoisotopic (exact) mass is 149 g/mol. The van der Waals surface area contributed by atoms with Crippen molar-refractivity contribution in [2.75, 3.05) is 17.5 Å². The summed E-state index contributed by atoms with van der Waals surface area (Å²) in [7, 11) is 1.98. The number of benzene rings is 1. The van der Waals surface area contributed by atoms with Crippen LogP contribution in [-0.2, 0) is 0 Å². The highest BCUT2D eigenvalue weighted by Crippen LogP contribution is 2.30. The second kappa shape index (κ2) is 2.13. The molecule has 0 saturated carbocycles. The molecule has 1 aliphatic rings. The van der Waals surface area contributed by atoms with Crippen LogP contribution in [0.5, 0.6) is 0 Å². The van der Waals surface area contributed by atoms with Gasteiger partial charge < -0.3 is 5.43 Å². The number of rotatable bonds is 0. The molecule has 11 heavy (non-hydrogen) atoms. The minimum Gasteiger partial charge on any atom is -0.301 e. The van der Waals surface area contributed by atoms with Crippen LogP contribution < -0.4 is 16.0 Å². The molecule has 0 radical (unpaired) electrons. The summed E-state index contributed by atoms with van der Waals surface area (Å²) >= 11 is 0.